The van der Waals surface area contributed by atoms with Crippen molar-refractivity contribution in [1.29, 1.82) is 0 Å². The van der Waals surface area contributed by atoms with Crippen molar-refractivity contribution in [1.82, 2.24) is 0 Å². The topological polar surface area (TPSA) is 69.7 Å². The summed E-state index contributed by atoms with van der Waals surface area (Å²) in [6.45, 7) is 0. The second-order valence-corrected chi connectivity index (χ2v) is 3.38. The number of esters is 1. The van der Waals surface area contributed by atoms with Gasteiger partial charge in [-0.15, -0.1) is 0 Å². The summed E-state index contributed by atoms with van der Waals surface area (Å²) in [6, 6.07) is 0. The fourth-order valence-corrected chi connectivity index (χ4v) is 0.822. The van der Waals surface area contributed by atoms with Gasteiger partial charge in [0.15, 0.2) is 0 Å². The van der Waals surface area contributed by atoms with E-state index >= 15 is 0 Å². The van der Waals surface area contributed by atoms with Gasteiger partial charge in [0.2, 0.25) is 0 Å². The number of carbonyl (C=O) groups excluding carboxylic acids is 1. The minimum absolute atomic E-state index is 0.520. The van der Waals surface area contributed by atoms with Gasteiger partial charge in [-0.3, -0.25) is 4.18 Å². The maximum atomic E-state index is 12.4. The van der Waals surface area contributed by atoms with Crippen LogP contribution >= 0.6 is 0 Å². The molecular formula is C4H6F2O5S. The van der Waals surface area contributed by atoms with Gasteiger partial charge < -0.3 is 4.74 Å². The molecule has 0 bridgehead atoms. The molecule has 0 aliphatic heterocycles. The van der Waals surface area contributed by atoms with Crippen LogP contribution in [0.5, 0.6) is 0 Å². The summed E-state index contributed by atoms with van der Waals surface area (Å²) in [6.07, 6.45) is 0. The number of methoxy groups -OCH3 is 1. The van der Waals surface area contributed by atoms with Crippen molar-refractivity contribution in [3.05, 3.63) is 0 Å². The molecule has 0 fully saturated rings. The predicted octanol–water partition coefficient (Wildman–Crippen LogP) is -0.272. The monoisotopic (exact) mass is 204 g/mol. The fourth-order valence-electron chi connectivity index (χ4n) is 0.326. The predicted molar refractivity (Wildman–Crippen MR) is 32.9 cm³/mol. The van der Waals surface area contributed by atoms with E-state index in [2.05, 4.69) is 8.92 Å². The van der Waals surface area contributed by atoms with E-state index in [1.54, 1.807) is 0 Å². The van der Waals surface area contributed by atoms with E-state index in [0.717, 1.165) is 0 Å². The molecular weight excluding hydrogens is 198 g/mol. The summed E-state index contributed by atoms with van der Waals surface area (Å²) >= 11 is 0. The first-order valence-corrected chi connectivity index (χ1v) is 3.97. The summed E-state index contributed by atoms with van der Waals surface area (Å²) in [5.41, 5.74) is 0. The zero-order chi connectivity index (χ0) is 9.99. The quantitative estimate of drug-likeness (QED) is 0.467. The number of ether oxygens (including phenoxy) is 1. The van der Waals surface area contributed by atoms with Crippen LogP contribution in [0.4, 0.5) is 8.78 Å². The number of halogens is 2. The fraction of sp³-hybridized carbons (Fsp3) is 0.750. The number of rotatable bonds is 3. The molecule has 8 heteroatoms. The van der Waals surface area contributed by atoms with Crippen LogP contribution in [0.2, 0.25) is 0 Å². The van der Waals surface area contributed by atoms with Gasteiger partial charge in [0.05, 0.1) is 14.2 Å². The molecule has 0 saturated heterocycles. The van der Waals surface area contributed by atoms with E-state index in [1.165, 1.54) is 0 Å². The van der Waals surface area contributed by atoms with E-state index in [-0.39, 0.29) is 0 Å². The second kappa shape index (κ2) is 3.31. The number of alkyl halides is 2. The molecule has 0 aromatic rings. The van der Waals surface area contributed by atoms with E-state index < -0.39 is 21.3 Å². The smallest absolute Gasteiger partial charge is 0.464 e. The highest BCUT2D eigenvalue weighted by atomic mass is 32.2. The van der Waals surface area contributed by atoms with E-state index in [4.69, 9.17) is 0 Å². The first kappa shape index (κ1) is 11.2. The van der Waals surface area contributed by atoms with Crippen molar-refractivity contribution in [2.45, 2.75) is 5.25 Å². The van der Waals surface area contributed by atoms with Crippen LogP contribution in [0, 0.1) is 0 Å². The molecule has 0 aromatic carbocycles. The lowest BCUT2D eigenvalue weighted by molar-refractivity contribution is -0.158. The third kappa shape index (κ3) is 1.69. The van der Waals surface area contributed by atoms with Crippen LogP contribution in [-0.4, -0.2) is 33.9 Å². The summed E-state index contributed by atoms with van der Waals surface area (Å²) in [5.74, 6) is -2.18. The van der Waals surface area contributed by atoms with Gasteiger partial charge in [0.1, 0.15) is 0 Å². The molecule has 0 amide bonds. The van der Waals surface area contributed by atoms with E-state index in [0.29, 0.717) is 14.2 Å². The molecule has 0 atom stereocenters. The zero-order valence-corrected chi connectivity index (χ0v) is 7.02. The van der Waals surface area contributed by atoms with Crippen molar-refractivity contribution in [3.8, 4) is 0 Å². The van der Waals surface area contributed by atoms with Gasteiger partial charge in [0.25, 0.3) is 0 Å². The summed E-state index contributed by atoms with van der Waals surface area (Å²) < 4.78 is 52.5. The normalized spacial score (nSPS) is 12.7. The molecule has 12 heavy (non-hydrogen) atoms. The molecule has 72 valence electrons. The Morgan fingerprint density at radius 1 is 1.33 bits per heavy atom. The van der Waals surface area contributed by atoms with Crippen molar-refractivity contribution < 1.29 is 30.9 Å². The Balaban J connectivity index is 4.99. The van der Waals surface area contributed by atoms with Crippen LogP contribution in [0.15, 0.2) is 0 Å². The highest BCUT2D eigenvalue weighted by molar-refractivity contribution is 7.88. The molecule has 0 aromatic heterocycles. The van der Waals surface area contributed by atoms with Crippen LogP contribution in [0.1, 0.15) is 0 Å². The van der Waals surface area contributed by atoms with E-state index in [1.807, 2.05) is 0 Å². The SMILES string of the molecule is COC(=O)C(F)(F)S(=O)(=O)OC. The molecule has 0 N–H and O–H groups in total. The van der Waals surface area contributed by atoms with Crippen molar-refractivity contribution >= 4 is 16.1 Å². The van der Waals surface area contributed by atoms with Gasteiger partial charge >= 0.3 is 21.3 Å². The minimum atomic E-state index is -5.22. The average molecular weight is 204 g/mol. The zero-order valence-electron chi connectivity index (χ0n) is 6.21. The third-order valence-electron chi connectivity index (χ3n) is 0.956. The van der Waals surface area contributed by atoms with Crippen LogP contribution in [0.25, 0.3) is 0 Å². The van der Waals surface area contributed by atoms with Crippen molar-refractivity contribution in [3.63, 3.8) is 0 Å². The van der Waals surface area contributed by atoms with Gasteiger partial charge in [0, 0.05) is 0 Å². The minimum Gasteiger partial charge on any atom is -0.464 e. The molecule has 5 nitrogen and oxygen atoms in total. The first-order valence-electron chi connectivity index (χ1n) is 2.56. The van der Waals surface area contributed by atoms with Crippen LogP contribution < -0.4 is 0 Å². The lowest BCUT2D eigenvalue weighted by Crippen LogP contribution is -2.39. The Morgan fingerprint density at radius 3 is 2.00 bits per heavy atom. The first-order chi connectivity index (χ1) is 5.29. The third-order valence-corrected chi connectivity index (χ3v) is 2.19. The average Bonchev–Trinajstić information content (AvgIpc) is 2.02. The maximum absolute atomic E-state index is 12.4. The molecule has 0 spiro atoms. The summed E-state index contributed by atoms with van der Waals surface area (Å²) in [7, 11) is -4.06. The summed E-state index contributed by atoms with van der Waals surface area (Å²) in [4.78, 5) is 10.2. The van der Waals surface area contributed by atoms with Crippen molar-refractivity contribution in [2.24, 2.45) is 0 Å². The molecule has 0 rings (SSSR count). The molecule has 0 unspecified atom stereocenters. The lowest BCUT2D eigenvalue weighted by Gasteiger charge is -2.11. The highest BCUT2D eigenvalue weighted by Gasteiger charge is 2.55. The highest BCUT2D eigenvalue weighted by Crippen LogP contribution is 2.23. The Labute approximate surface area is 67.4 Å². The molecule has 0 radical (unpaired) electrons. The Bertz CT molecular complexity index is 269. The van der Waals surface area contributed by atoms with Gasteiger partial charge in [-0.1, -0.05) is 0 Å². The summed E-state index contributed by atoms with van der Waals surface area (Å²) in [5, 5.41) is -4.66. The maximum Gasteiger partial charge on any atom is 0.465 e. The number of hydrogen-bond acceptors (Lipinski definition) is 5. The van der Waals surface area contributed by atoms with E-state index in [9.17, 15) is 22.0 Å². The number of carbonyl (C=O) groups is 1. The van der Waals surface area contributed by atoms with Crippen molar-refractivity contribution in [2.75, 3.05) is 14.2 Å². The molecule has 0 heterocycles. The Kier molecular flexibility index (Phi) is 3.10. The Hall–Kier alpha value is -0.760. The second-order valence-electron chi connectivity index (χ2n) is 1.63. The van der Waals surface area contributed by atoms with Crippen LogP contribution in [-0.2, 0) is 23.8 Å². The Morgan fingerprint density at radius 2 is 1.75 bits per heavy atom. The molecule has 0 aliphatic rings. The largest absolute Gasteiger partial charge is 0.465 e. The van der Waals surface area contributed by atoms with Gasteiger partial charge in [-0.05, 0) is 0 Å². The standard InChI is InChI=1S/C4H6F2O5S/c1-10-3(7)4(5,6)12(8,9)11-2/h1-2H3. The lowest BCUT2D eigenvalue weighted by atomic mass is 10.7. The number of hydrogen-bond donors (Lipinski definition) is 0. The van der Waals surface area contributed by atoms with Gasteiger partial charge in [-0.25, -0.2) is 4.79 Å². The van der Waals surface area contributed by atoms with Gasteiger partial charge in [-0.2, -0.15) is 17.2 Å². The molecule has 0 saturated carbocycles. The van der Waals surface area contributed by atoms with Crippen LogP contribution in [0.3, 0.4) is 0 Å². The molecule has 0 aliphatic carbocycles.